The third-order valence-electron chi connectivity index (χ3n) is 3.52. The molecule has 5 nitrogen and oxygen atoms in total. The minimum absolute atomic E-state index is 0.122. The molecule has 1 N–H and O–H groups in total. The van der Waals surface area contributed by atoms with Gasteiger partial charge in [0.25, 0.3) is 0 Å². The smallest absolute Gasteiger partial charge is 0.207 e. The Balaban J connectivity index is 2.17. The molecule has 2 aromatic rings. The fourth-order valence-electron chi connectivity index (χ4n) is 2.47. The predicted molar refractivity (Wildman–Crippen MR) is 83.1 cm³/mol. The van der Waals surface area contributed by atoms with Crippen molar-refractivity contribution >= 4 is 22.9 Å². The van der Waals surface area contributed by atoms with Crippen molar-refractivity contribution in [1.82, 2.24) is 0 Å². The number of nitrogens with zero attached hydrogens (tertiary/aromatic N) is 2. The van der Waals surface area contributed by atoms with Crippen molar-refractivity contribution in [3.05, 3.63) is 70.8 Å². The van der Waals surface area contributed by atoms with Crippen LogP contribution in [0.15, 0.2) is 59.7 Å². The SMILES string of the molecule is N#CC1=C(C#N)C(=O)c2c(Nc3ccccc3)cccc2C1=O. The number of hydrogen-bond acceptors (Lipinski definition) is 5. The molecule has 1 aliphatic carbocycles. The molecule has 23 heavy (non-hydrogen) atoms. The number of hydrogen-bond donors (Lipinski definition) is 1. The summed E-state index contributed by atoms with van der Waals surface area (Å²) in [5.41, 5.74) is 0.615. The molecule has 0 aromatic heterocycles. The minimum Gasteiger partial charge on any atom is -0.355 e. The molecule has 5 heteroatoms. The van der Waals surface area contributed by atoms with Gasteiger partial charge in [0.2, 0.25) is 11.6 Å². The van der Waals surface area contributed by atoms with E-state index in [2.05, 4.69) is 5.32 Å². The molecular weight excluding hydrogens is 290 g/mol. The number of anilines is 2. The van der Waals surface area contributed by atoms with Crippen LogP contribution in [-0.2, 0) is 0 Å². The lowest BCUT2D eigenvalue weighted by molar-refractivity contribution is 0.0982. The van der Waals surface area contributed by atoms with Gasteiger partial charge in [-0.3, -0.25) is 9.59 Å². The molecule has 0 aliphatic heterocycles. The first-order valence-electron chi connectivity index (χ1n) is 6.76. The second-order valence-corrected chi connectivity index (χ2v) is 4.85. The summed E-state index contributed by atoms with van der Waals surface area (Å²) in [4.78, 5) is 24.9. The Morgan fingerprint density at radius 1 is 0.783 bits per heavy atom. The van der Waals surface area contributed by atoms with E-state index in [0.29, 0.717) is 5.69 Å². The second-order valence-electron chi connectivity index (χ2n) is 4.85. The lowest BCUT2D eigenvalue weighted by atomic mass is 9.84. The molecule has 0 fully saturated rings. The van der Waals surface area contributed by atoms with Crippen molar-refractivity contribution in [2.45, 2.75) is 0 Å². The van der Waals surface area contributed by atoms with Gasteiger partial charge in [0, 0.05) is 11.3 Å². The Bertz CT molecular complexity index is 944. The van der Waals surface area contributed by atoms with E-state index < -0.39 is 22.7 Å². The highest BCUT2D eigenvalue weighted by molar-refractivity contribution is 6.31. The summed E-state index contributed by atoms with van der Waals surface area (Å²) in [6.45, 7) is 0. The number of allylic oxidation sites excluding steroid dienone is 2. The van der Waals surface area contributed by atoms with Crippen LogP contribution in [0.2, 0.25) is 0 Å². The average molecular weight is 299 g/mol. The van der Waals surface area contributed by atoms with Crippen LogP contribution in [-0.4, -0.2) is 11.6 Å². The average Bonchev–Trinajstić information content (AvgIpc) is 2.58. The van der Waals surface area contributed by atoms with E-state index in [1.54, 1.807) is 24.3 Å². The van der Waals surface area contributed by atoms with Crippen LogP contribution in [0.1, 0.15) is 20.7 Å². The van der Waals surface area contributed by atoms with Crippen LogP contribution in [0.5, 0.6) is 0 Å². The number of benzene rings is 2. The minimum atomic E-state index is -0.613. The number of fused-ring (bicyclic) bond motifs is 1. The molecular formula is C18H9N3O2. The van der Waals surface area contributed by atoms with Crippen molar-refractivity contribution in [2.75, 3.05) is 5.32 Å². The Morgan fingerprint density at radius 2 is 1.43 bits per heavy atom. The zero-order valence-electron chi connectivity index (χ0n) is 11.8. The summed E-state index contributed by atoms with van der Waals surface area (Å²) >= 11 is 0. The third-order valence-corrected chi connectivity index (χ3v) is 3.52. The number of Topliss-reactive ketones (excluding diaryl/α,β-unsaturated/α-hetero) is 2. The molecule has 3 rings (SSSR count). The fraction of sp³-hybridized carbons (Fsp3) is 0. The lowest BCUT2D eigenvalue weighted by Crippen LogP contribution is -2.22. The fourth-order valence-corrected chi connectivity index (χ4v) is 2.47. The molecule has 0 atom stereocenters. The third kappa shape index (κ3) is 2.27. The van der Waals surface area contributed by atoms with E-state index in [9.17, 15) is 9.59 Å². The van der Waals surface area contributed by atoms with Gasteiger partial charge >= 0.3 is 0 Å². The van der Waals surface area contributed by atoms with Crippen molar-refractivity contribution in [3.63, 3.8) is 0 Å². The van der Waals surface area contributed by atoms with E-state index >= 15 is 0 Å². The Kier molecular flexibility index (Phi) is 3.46. The molecule has 0 spiro atoms. The van der Waals surface area contributed by atoms with Gasteiger partial charge in [0.15, 0.2) is 0 Å². The van der Waals surface area contributed by atoms with Gasteiger partial charge in [0.1, 0.15) is 23.3 Å². The summed E-state index contributed by atoms with van der Waals surface area (Å²) < 4.78 is 0. The van der Waals surface area contributed by atoms with Crippen molar-refractivity contribution < 1.29 is 9.59 Å². The number of carbonyl (C=O) groups excluding carboxylic acids is 2. The topological polar surface area (TPSA) is 93.8 Å². The van der Waals surface area contributed by atoms with Crippen molar-refractivity contribution in [2.24, 2.45) is 0 Å². The van der Waals surface area contributed by atoms with Gasteiger partial charge in [-0.15, -0.1) is 0 Å². The Hall–Kier alpha value is -3.70. The normalized spacial score (nSPS) is 13.1. The maximum Gasteiger partial charge on any atom is 0.207 e. The lowest BCUT2D eigenvalue weighted by Gasteiger charge is -2.18. The summed E-state index contributed by atoms with van der Waals surface area (Å²) in [6, 6.07) is 17.3. The molecule has 0 bridgehead atoms. The molecule has 0 saturated heterocycles. The van der Waals surface area contributed by atoms with Crippen molar-refractivity contribution in [1.29, 1.82) is 10.5 Å². The first-order chi connectivity index (χ1) is 11.2. The standard InChI is InChI=1S/C18H9N3O2/c19-9-13-14(10-20)18(23)16-12(17(13)22)7-4-8-15(16)21-11-5-2-1-3-6-11/h1-8,21H. The van der Waals surface area contributed by atoms with Crippen LogP contribution in [0.3, 0.4) is 0 Å². The largest absolute Gasteiger partial charge is 0.355 e. The van der Waals surface area contributed by atoms with E-state index in [4.69, 9.17) is 10.5 Å². The molecule has 0 saturated carbocycles. The number of para-hydroxylation sites is 1. The van der Waals surface area contributed by atoms with Crippen LogP contribution in [0.4, 0.5) is 11.4 Å². The number of rotatable bonds is 2. The van der Waals surface area contributed by atoms with Crippen LogP contribution in [0, 0.1) is 22.7 Å². The van der Waals surface area contributed by atoms with Crippen LogP contribution >= 0.6 is 0 Å². The van der Waals surface area contributed by atoms with Gasteiger partial charge in [-0.25, -0.2) is 0 Å². The molecule has 0 heterocycles. The van der Waals surface area contributed by atoms with E-state index in [1.807, 2.05) is 30.3 Å². The number of ketones is 2. The van der Waals surface area contributed by atoms with E-state index in [-0.39, 0.29) is 11.1 Å². The zero-order chi connectivity index (χ0) is 16.4. The second kappa shape index (κ2) is 5.59. The molecule has 2 aromatic carbocycles. The Morgan fingerprint density at radius 3 is 2.09 bits per heavy atom. The monoisotopic (exact) mass is 299 g/mol. The summed E-state index contributed by atoms with van der Waals surface area (Å²) in [7, 11) is 0. The van der Waals surface area contributed by atoms with Gasteiger partial charge < -0.3 is 5.32 Å². The van der Waals surface area contributed by atoms with Gasteiger partial charge in [-0.05, 0) is 18.2 Å². The molecule has 0 unspecified atom stereocenters. The van der Waals surface area contributed by atoms with Gasteiger partial charge in [-0.1, -0.05) is 30.3 Å². The van der Waals surface area contributed by atoms with E-state index in [0.717, 1.165) is 5.69 Å². The van der Waals surface area contributed by atoms with Gasteiger partial charge in [0.05, 0.1) is 11.3 Å². The predicted octanol–water partition coefficient (Wildman–Crippen LogP) is 3.15. The summed E-state index contributed by atoms with van der Waals surface area (Å²) in [6.07, 6.45) is 0. The number of carbonyl (C=O) groups is 2. The van der Waals surface area contributed by atoms with Crippen LogP contribution in [0.25, 0.3) is 0 Å². The maximum absolute atomic E-state index is 12.5. The highest BCUT2D eigenvalue weighted by Crippen LogP contribution is 2.32. The summed E-state index contributed by atoms with van der Waals surface area (Å²) in [5, 5.41) is 21.3. The molecule has 0 radical (unpaired) electrons. The quantitative estimate of drug-likeness (QED) is 0.919. The molecule has 108 valence electrons. The summed E-state index contributed by atoms with van der Waals surface area (Å²) in [5.74, 6) is -1.21. The van der Waals surface area contributed by atoms with Crippen molar-refractivity contribution in [3.8, 4) is 12.1 Å². The zero-order valence-corrected chi connectivity index (χ0v) is 11.8. The highest BCUT2D eigenvalue weighted by Gasteiger charge is 2.34. The Labute approximate surface area is 132 Å². The van der Waals surface area contributed by atoms with E-state index in [1.165, 1.54) is 6.07 Å². The first kappa shape index (κ1) is 14.2. The number of nitrogens with one attached hydrogen (secondary N) is 1. The highest BCUT2D eigenvalue weighted by atomic mass is 16.1. The van der Waals surface area contributed by atoms with Gasteiger partial charge in [-0.2, -0.15) is 10.5 Å². The molecule has 1 aliphatic rings. The van der Waals surface area contributed by atoms with Crippen LogP contribution < -0.4 is 5.32 Å². The molecule has 0 amide bonds. The first-order valence-corrected chi connectivity index (χ1v) is 6.76. The maximum atomic E-state index is 12.5. The number of nitriles is 2.